The van der Waals surface area contributed by atoms with Gasteiger partial charge in [-0.2, -0.15) is 5.26 Å². The zero-order valence-corrected chi connectivity index (χ0v) is 10.4. The van der Waals surface area contributed by atoms with Crippen molar-refractivity contribution in [1.29, 1.82) is 5.26 Å². The van der Waals surface area contributed by atoms with Crippen molar-refractivity contribution in [3.05, 3.63) is 59.9 Å². The first-order chi connectivity index (χ1) is 9.29. The van der Waals surface area contributed by atoms with E-state index in [0.717, 1.165) is 23.3 Å². The molecule has 0 fully saturated rings. The maximum absolute atomic E-state index is 13.5. The summed E-state index contributed by atoms with van der Waals surface area (Å²) in [5.74, 6) is -0.463. The summed E-state index contributed by atoms with van der Waals surface area (Å²) in [5, 5.41) is 19.7. The van der Waals surface area contributed by atoms with Crippen LogP contribution in [0.25, 0.3) is 21.5 Å². The lowest BCUT2D eigenvalue weighted by atomic mass is 10.00. The van der Waals surface area contributed by atoms with Gasteiger partial charge in [0.1, 0.15) is 11.9 Å². The Kier molecular flexibility index (Phi) is 3.74. The summed E-state index contributed by atoms with van der Waals surface area (Å²) in [4.78, 5) is 0. The molecule has 2 nitrogen and oxygen atoms in total. The highest BCUT2D eigenvalue weighted by Gasteiger charge is 2.07. The van der Waals surface area contributed by atoms with Crippen molar-refractivity contribution in [3.63, 3.8) is 0 Å². The molecule has 0 heterocycles. The smallest absolute Gasteiger partial charge is 0.141 e. The zero-order valence-electron chi connectivity index (χ0n) is 10.4. The van der Waals surface area contributed by atoms with E-state index in [9.17, 15) is 4.39 Å². The largest absolute Gasteiger partial charge is 0.400 e. The van der Waals surface area contributed by atoms with Crippen molar-refractivity contribution in [2.45, 2.75) is 0 Å². The lowest BCUT2D eigenvalue weighted by Gasteiger charge is -2.04. The van der Waals surface area contributed by atoms with Crippen molar-refractivity contribution in [2.24, 2.45) is 0 Å². The van der Waals surface area contributed by atoms with Crippen molar-refractivity contribution < 1.29 is 9.50 Å². The molecule has 0 radical (unpaired) electrons. The molecule has 3 rings (SSSR count). The van der Waals surface area contributed by atoms with Gasteiger partial charge in [-0.05, 0) is 34.4 Å². The molecule has 0 atom stereocenters. The van der Waals surface area contributed by atoms with Gasteiger partial charge in [0.15, 0.2) is 0 Å². The summed E-state index contributed by atoms with van der Waals surface area (Å²) in [7, 11) is 1.00. The predicted molar refractivity (Wildman–Crippen MR) is 74.3 cm³/mol. The first-order valence-electron chi connectivity index (χ1n) is 5.75. The van der Waals surface area contributed by atoms with Crippen LogP contribution in [0.1, 0.15) is 5.56 Å². The van der Waals surface area contributed by atoms with Crippen LogP contribution in [0.15, 0.2) is 48.5 Å². The lowest BCUT2D eigenvalue weighted by molar-refractivity contribution is 0.399. The molecule has 1 N–H and O–H groups in total. The van der Waals surface area contributed by atoms with Crippen LogP contribution in [0.4, 0.5) is 4.39 Å². The standard InChI is InChI=1S/C15H8FN.CH4O/c16-15-6-5-12-7-10-3-1-2-4-11(10)8-13(12)14(15)9-17;1-2/h1-8H;2H,1H3. The van der Waals surface area contributed by atoms with E-state index < -0.39 is 5.82 Å². The first-order valence-corrected chi connectivity index (χ1v) is 5.75. The fraction of sp³-hybridized carbons (Fsp3) is 0.0625. The van der Waals surface area contributed by atoms with Crippen molar-refractivity contribution >= 4 is 21.5 Å². The molecular formula is C16H12FNO. The number of hydrogen-bond acceptors (Lipinski definition) is 2. The van der Waals surface area contributed by atoms with Gasteiger partial charge in [-0.25, -0.2) is 4.39 Å². The highest BCUT2D eigenvalue weighted by Crippen LogP contribution is 2.26. The van der Waals surface area contributed by atoms with Crippen LogP contribution < -0.4 is 0 Å². The van der Waals surface area contributed by atoms with Crippen LogP contribution in [0.2, 0.25) is 0 Å². The minimum atomic E-state index is -0.463. The van der Waals surface area contributed by atoms with E-state index in [1.165, 1.54) is 6.07 Å². The average molecular weight is 253 g/mol. The molecule has 0 saturated carbocycles. The number of nitrogens with zero attached hydrogens (tertiary/aromatic N) is 1. The molecule has 0 amide bonds. The number of fused-ring (bicyclic) bond motifs is 2. The van der Waals surface area contributed by atoms with Crippen molar-refractivity contribution in [2.75, 3.05) is 7.11 Å². The van der Waals surface area contributed by atoms with Gasteiger partial charge in [-0.15, -0.1) is 0 Å². The Morgan fingerprint density at radius 2 is 1.58 bits per heavy atom. The summed E-state index contributed by atoms with van der Waals surface area (Å²) in [5.41, 5.74) is 0.119. The van der Waals surface area contributed by atoms with Gasteiger partial charge in [0, 0.05) is 12.5 Å². The SMILES string of the molecule is CO.N#Cc1c(F)ccc2cc3ccccc3cc12. The molecule has 94 valence electrons. The fourth-order valence-electron chi connectivity index (χ4n) is 2.10. The number of hydrogen-bond donors (Lipinski definition) is 1. The number of aliphatic hydroxyl groups is 1. The van der Waals surface area contributed by atoms with Gasteiger partial charge < -0.3 is 5.11 Å². The quantitative estimate of drug-likeness (QED) is 0.622. The van der Waals surface area contributed by atoms with Crippen LogP contribution in [0, 0.1) is 17.1 Å². The van der Waals surface area contributed by atoms with Crippen LogP contribution in [-0.4, -0.2) is 12.2 Å². The zero-order chi connectivity index (χ0) is 13.8. The van der Waals surface area contributed by atoms with Gasteiger partial charge in [0.25, 0.3) is 0 Å². The molecule has 3 heteroatoms. The summed E-state index contributed by atoms with van der Waals surface area (Å²) in [6.45, 7) is 0. The van der Waals surface area contributed by atoms with Crippen LogP contribution >= 0.6 is 0 Å². The van der Waals surface area contributed by atoms with E-state index in [1.54, 1.807) is 6.07 Å². The van der Waals surface area contributed by atoms with Crippen LogP contribution in [0.3, 0.4) is 0 Å². The third-order valence-electron chi connectivity index (χ3n) is 2.95. The van der Waals surface area contributed by atoms with Crippen LogP contribution in [0.5, 0.6) is 0 Å². The second kappa shape index (κ2) is 5.47. The average Bonchev–Trinajstić information content (AvgIpc) is 2.47. The molecule has 0 bridgehead atoms. The monoisotopic (exact) mass is 253 g/mol. The lowest BCUT2D eigenvalue weighted by Crippen LogP contribution is -1.86. The minimum Gasteiger partial charge on any atom is -0.400 e. The Morgan fingerprint density at radius 3 is 2.21 bits per heavy atom. The molecule has 0 unspecified atom stereocenters. The Balaban J connectivity index is 0.000000637. The number of benzene rings is 3. The molecule has 3 aromatic rings. The number of halogens is 1. The van der Waals surface area contributed by atoms with Gasteiger partial charge >= 0.3 is 0 Å². The molecule has 19 heavy (non-hydrogen) atoms. The third-order valence-corrected chi connectivity index (χ3v) is 2.95. The normalized spacial score (nSPS) is 9.79. The van der Waals surface area contributed by atoms with Gasteiger partial charge in [-0.1, -0.05) is 30.3 Å². The summed E-state index contributed by atoms with van der Waals surface area (Å²) >= 11 is 0. The summed E-state index contributed by atoms with van der Waals surface area (Å²) < 4.78 is 13.5. The van der Waals surface area contributed by atoms with Crippen molar-refractivity contribution in [3.8, 4) is 6.07 Å². The second-order valence-electron chi connectivity index (χ2n) is 3.95. The Labute approximate surface area is 110 Å². The first kappa shape index (κ1) is 13.0. The van der Waals surface area contributed by atoms with E-state index >= 15 is 0 Å². The number of rotatable bonds is 0. The molecule has 3 aromatic carbocycles. The minimum absolute atomic E-state index is 0.119. The summed E-state index contributed by atoms with van der Waals surface area (Å²) in [6, 6.07) is 16.7. The molecule has 0 spiro atoms. The fourth-order valence-corrected chi connectivity index (χ4v) is 2.10. The van der Waals surface area contributed by atoms with E-state index in [-0.39, 0.29) is 5.56 Å². The second-order valence-corrected chi connectivity index (χ2v) is 3.95. The Hall–Kier alpha value is -2.44. The maximum atomic E-state index is 13.5. The summed E-state index contributed by atoms with van der Waals surface area (Å²) in [6.07, 6.45) is 0. The number of nitriles is 1. The molecule has 0 aliphatic rings. The van der Waals surface area contributed by atoms with Crippen LogP contribution in [-0.2, 0) is 0 Å². The molecule has 0 aliphatic carbocycles. The van der Waals surface area contributed by atoms with E-state index in [4.69, 9.17) is 10.4 Å². The molecule has 0 aromatic heterocycles. The van der Waals surface area contributed by atoms with E-state index in [2.05, 4.69) is 0 Å². The van der Waals surface area contributed by atoms with Gasteiger partial charge in [0.2, 0.25) is 0 Å². The molecule has 0 aliphatic heterocycles. The van der Waals surface area contributed by atoms with E-state index in [1.807, 2.05) is 42.5 Å². The highest BCUT2D eigenvalue weighted by molar-refractivity contribution is 6.00. The predicted octanol–water partition coefficient (Wildman–Crippen LogP) is 3.61. The third kappa shape index (κ3) is 2.26. The van der Waals surface area contributed by atoms with Gasteiger partial charge in [-0.3, -0.25) is 0 Å². The van der Waals surface area contributed by atoms with Crippen molar-refractivity contribution in [1.82, 2.24) is 0 Å². The Morgan fingerprint density at radius 1 is 0.947 bits per heavy atom. The highest BCUT2D eigenvalue weighted by atomic mass is 19.1. The number of aliphatic hydroxyl groups excluding tert-OH is 1. The molecule has 0 saturated heterocycles. The topological polar surface area (TPSA) is 44.0 Å². The molecular weight excluding hydrogens is 241 g/mol. The van der Waals surface area contributed by atoms with Gasteiger partial charge in [0.05, 0.1) is 5.56 Å². The Bertz CT molecular complexity index is 775. The van der Waals surface area contributed by atoms with E-state index in [0.29, 0.717) is 5.39 Å². The maximum Gasteiger partial charge on any atom is 0.141 e.